The number of carbonyl (C=O) groups excluding carboxylic acids is 2. The molecule has 3 aromatic rings. The molecule has 2 atom stereocenters. The van der Waals surface area contributed by atoms with Gasteiger partial charge in [-0.1, -0.05) is 18.2 Å². The van der Waals surface area contributed by atoms with Gasteiger partial charge in [0, 0.05) is 18.7 Å². The number of ether oxygens (including phenoxy) is 3. The Morgan fingerprint density at radius 2 is 1.64 bits per heavy atom. The molecule has 0 bridgehead atoms. The SMILES string of the molecule is COc1ccc(N2C(=O)CC[C@@H](C(=O)NCc3ccc(F)cc3)[C@@H]2c2ccc(OC)c(OC)c2)cc1. The van der Waals surface area contributed by atoms with E-state index in [2.05, 4.69) is 5.32 Å². The van der Waals surface area contributed by atoms with Gasteiger partial charge in [0.15, 0.2) is 11.5 Å². The summed E-state index contributed by atoms with van der Waals surface area (Å²) >= 11 is 0. The van der Waals surface area contributed by atoms with Crippen LogP contribution in [0.2, 0.25) is 0 Å². The fourth-order valence-electron chi connectivity index (χ4n) is 4.55. The number of halogens is 1. The lowest BCUT2D eigenvalue weighted by Crippen LogP contribution is -2.48. The number of nitrogens with zero attached hydrogens (tertiary/aromatic N) is 1. The van der Waals surface area contributed by atoms with Gasteiger partial charge in [0.25, 0.3) is 0 Å². The van der Waals surface area contributed by atoms with Gasteiger partial charge in [-0.2, -0.15) is 0 Å². The zero-order chi connectivity index (χ0) is 25.7. The highest BCUT2D eigenvalue weighted by Crippen LogP contribution is 2.42. The summed E-state index contributed by atoms with van der Waals surface area (Å²) in [5.74, 6) is 0.597. The van der Waals surface area contributed by atoms with Crippen LogP contribution in [-0.2, 0) is 16.1 Å². The maximum atomic E-state index is 13.5. The zero-order valence-electron chi connectivity index (χ0n) is 20.5. The van der Waals surface area contributed by atoms with Crippen LogP contribution in [0.15, 0.2) is 66.7 Å². The van der Waals surface area contributed by atoms with Gasteiger partial charge in [-0.15, -0.1) is 0 Å². The maximum absolute atomic E-state index is 13.5. The fraction of sp³-hybridized carbons (Fsp3) is 0.286. The fourth-order valence-corrected chi connectivity index (χ4v) is 4.55. The Kier molecular flexibility index (Phi) is 7.73. The Hall–Kier alpha value is -4.07. The minimum atomic E-state index is -0.576. The molecule has 1 heterocycles. The number of carbonyl (C=O) groups is 2. The van der Waals surface area contributed by atoms with Crippen molar-refractivity contribution in [3.8, 4) is 17.2 Å². The molecule has 1 fully saturated rings. The molecule has 36 heavy (non-hydrogen) atoms. The number of amides is 2. The van der Waals surface area contributed by atoms with Crippen LogP contribution in [0.5, 0.6) is 17.2 Å². The summed E-state index contributed by atoms with van der Waals surface area (Å²) in [7, 11) is 4.67. The van der Waals surface area contributed by atoms with Gasteiger partial charge in [-0.25, -0.2) is 4.39 Å². The highest BCUT2D eigenvalue weighted by molar-refractivity contribution is 5.97. The molecular formula is C28H29FN2O5. The predicted molar refractivity (Wildman–Crippen MR) is 134 cm³/mol. The summed E-state index contributed by atoms with van der Waals surface area (Å²) in [6.07, 6.45) is 0.615. The summed E-state index contributed by atoms with van der Waals surface area (Å²) in [6, 6.07) is 18.0. The third kappa shape index (κ3) is 5.27. The van der Waals surface area contributed by atoms with Crippen molar-refractivity contribution in [2.75, 3.05) is 26.2 Å². The van der Waals surface area contributed by atoms with E-state index in [-0.39, 0.29) is 30.6 Å². The minimum absolute atomic E-state index is 0.0810. The lowest BCUT2D eigenvalue weighted by Gasteiger charge is -2.41. The predicted octanol–water partition coefficient (Wildman–Crippen LogP) is 4.65. The molecule has 0 aromatic heterocycles. The second-order valence-electron chi connectivity index (χ2n) is 8.51. The normalized spacial score (nSPS) is 17.4. The topological polar surface area (TPSA) is 77.1 Å². The van der Waals surface area contributed by atoms with Crippen molar-refractivity contribution in [3.05, 3.63) is 83.7 Å². The van der Waals surface area contributed by atoms with Crippen LogP contribution in [0.25, 0.3) is 0 Å². The molecule has 8 heteroatoms. The van der Waals surface area contributed by atoms with Gasteiger partial charge in [-0.05, 0) is 66.1 Å². The molecule has 0 spiro atoms. The number of nitrogens with one attached hydrogen (secondary N) is 1. The third-order valence-corrected chi connectivity index (χ3v) is 6.41. The molecule has 4 rings (SSSR count). The Labute approximate surface area is 209 Å². The first-order valence-corrected chi connectivity index (χ1v) is 11.7. The summed E-state index contributed by atoms with van der Waals surface area (Å²) in [5, 5.41) is 2.97. The molecule has 2 amide bonds. The van der Waals surface area contributed by atoms with Gasteiger partial charge in [0.2, 0.25) is 11.8 Å². The van der Waals surface area contributed by atoms with E-state index in [0.717, 1.165) is 11.1 Å². The molecule has 1 aliphatic rings. The molecule has 1 aliphatic heterocycles. The van der Waals surface area contributed by atoms with Crippen LogP contribution in [0, 0.1) is 11.7 Å². The molecule has 0 radical (unpaired) electrons. The first-order valence-electron chi connectivity index (χ1n) is 11.7. The number of rotatable bonds is 8. The van der Waals surface area contributed by atoms with Crippen molar-refractivity contribution in [2.24, 2.45) is 5.92 Å². The molecular weight excluding hydrogens is 463 g/mol. The molecule has 188 valence electrons. The largest absolute Gasteiger partial charge is 0.497 e. The van der Waals surface area contributed by atoms with Gasteiger partial charge in [0.1, 0.15) is 11.6 Å². The minimum Gasteiger partial charge on any atom is -0.497 e. The van der Waals surface area contributed by atoms with Crippen molar-refractivity contribution in [3.63, 3.8) is 0 Å². The number of hydrogen-bond donors (Lipinski definition) is 1. The van der Waals surface area contributed by atoms with Gasteiger partial charge >= 0.3 is 0 Å². The molecule has 3 aromatic carbocycles. The second-order valence-corrected chi connectivity index (χ2v) is 8.51. The van der Waals surface area contributed by atoms with Crippen molar-refractivity contribution in [1.82, 2.24) is 5.32 Å². The van der Waals surface area contributed by atoms with Crippen LogP contribution in [0.3, 0.4) is 0 Å². The molecule has 0 aliphatic carbocycles. The van der Waals surface area contributed by atoms with E-state index in [1.54, 1.807) is 62.6 Å². The summed E-state index contributed by atoms with van der Waals surface area (Å²) in [5.41, 5.74) is 2.20. The first kappa shape index (κ1) is 25.0. The number of methoxy groups -OCH3 is 3. The van der Waals surface area contributed by atoms with Gasteiger partial charge in [0.05, 0.1) is 33.3 Å². The average Bonchev–Trinajstić information content (AvgIpc) is 2.92. The quantitative estimate of drug-likeness (QED) is 0.495. The van der Waals surface area contributed by atoms with Crippen molar-refractivity contribution in [2.45, 2.75) is 25.4 Å². The van der Waals surface area contributed by atoms with E-state index in [4.69, 9.17) is 14.2 Å². The lowest BCUT2D eigenvalue weighted by molar-refractivity contribution is -0.129. The van der Waals surface area contributed by atoms with E-state index in [1.807, 2.05) is 18.2 Å². The smallest absolute Gasteiger partial charge is 0.227 e. The summed E-state index contributed by atoms with van der Waals surface area (Å²) in [6.45, 7) is 0.255. The average molecular weight is 493 g/mol. The highest BCUT2D eigenvalue weighted by Gasteiger charge is 2.41. The van der Waals surface area contributed by atoms with Crippen molar-refractivity contribution in [1.29, 1.82) is 0 Å². The number of piperidine rings is 1. The number of benzene rings is 3. The molecule has 1 N–H and O–H groups in total. The first-order chi connectivity index (χ1) is 17.4. The second kappa shape index (κ2) is 11.1. The van der Waals surface area contributed by atoms with Gasteiger partial charge in [-0.3, -0.25) is 9.59 Å². The Morgan fingerprint density at radius 3 is 2.28 bits per heavy atom. The molecule has 0 saturated carbocycles. The van der Waals surface area contributed by atoms with E-state index >= 15 is 0 Å². The number of hydrogen-bond acceptors (Lipinski definition) is 5. The van der Waals surface area contributed by atoms with Crippen molar-refractivity contribution >= 4 is 17.5 Å². The van der Waals surface area contributed by atoms with E-state index in [9.17, 15) is 14.0 Å². The van der Waals surface area contributed by atoms with Gasteiger partial charge < -0.3 is 24.4 Å². The molecule has 0 unspecified atom stereocenters. The van der Waals surface area contributed by atoms with E-state index in [0.29, 0.717) is 29.4 Å². The van der Waals surface area contributed by atoms with E-state index in [1.165, 1.54) is 12.1 Å². The van der Waals surface area contributed by atoms with Crippen LogP contribution in [0.4, 0.5) is 10.1 Å². The maximum Gasteiger partial charge on any atom is 0.227 e. The summed E-state index contributed by atoms with van der Waals surface area (Å²) in [4.78, 5) is 28.4. The summed E-state index contributed by atoms with van der Waals surface area (Å²) < 4.78 is 29.4. The Balaban J connectivity index is 1.71. The standard InChI is InChI=1S/C28H29FN2O5/c1-34-22-11-9-21(10-12-22)31-26(32)15-13-23(28(33)30-17-18-4-7-20(29)8-5-18)27(31)19-6-14-24(35-2)25(16-19)36-3/h4-12,14,16,23,27H,13,15,17H2,1-3H3,(H,30,33)/t23-,27+/m1/s1. The Morgan fingerprint density at radius 1 is 0.944 bits per heavy atom. The monoisotopic (exact) mass is 492 g/mol. The van der Waals surface area contributed by atoms with E-state index < -0.39 is 12.0 Å². The Bertz CT molecular complexity index is 1210. The third-order valence-electron chi connectivity index (χ3n) is 6.41. The van der Waals surface area contributed by atoms with Crippen LogP contribution in [-0.4, -0.2) is 33.1 Å². The lowest BCUT2D eigenvalue weighted by atomic mass is 9.83. The van der Waals surface area contributed by atoms with Crippen LogP contribution >= 0.6 is 0 Å². The zero-order valence-corrected chi connectivity index (χ0v) is 20.5. The molecule has 7 nitrogen and oxygen atoms in total. The van der Waals surface area contributed by atoms with Crippen LogP contribution < -0.4 is 24.4 Å². The highest BCUT2D eigenvalue weighted by atomic mass is 19.1. The molecule has 1 saturated heterocycles. The van der Waals surface area contributed by atoms with Crippen LogP contribution in [0.1, 0.15) is 30.0 Å². The van der Waals surface area contributed by atoms with Crippen molar-refractivity contribution < 1.29 is 28.2 Å². The number of anilines is 1.